The van der Waals surface area contributed by atoms with E-state index in [9.17, 15) is 9.59 Å². The van der Waals surface area contributed by atoms with Gasteiger partial charge in [-0.3, -0.25) is 14.7 Å². The van der Waals surface area contributed by atoms with Gasteiger partial charge < -0.3 is 15.5 Å². The molecule has 0 radical (unpaired) electrons. The third-order valence-corrected chi connectivity index (χ3v) is 4.60. The van der Waals surface area contributed by atoms with Crippen molar-refractivity contribution in [3.05, 3.63) is 30.1 Å². The predicted octanol–water partition coefficient (Wildman–Crippen LogP) is 0.0449. The highest BCUT2D eigenvalue weighted by Gasteiger charge is 2.43. The molecule has 0 bridgehead atoms. The number of hydrogen-bond donors (Lipinski definition) is 2. The van der Waals surface area contributed by atoms with Crippen LogP contribution < -0.4 is 10.6 Å². The summed E-state index contributed by atoms with van der Waals surface area (Å²) >= 11 is 0. The molecule has 2 N–H and O–H groups in total. The van der Waals surface area contributed by atoms with Crippen LogP contribution in [0.3, 0.4) is 0 Å². The Kier molecular flexibility index (Phi) is 4.47. The first-order valence-corrected chi connectivity index (χ1v) is 7.95. The number of carbonyl (C=O) groups is 2. The minimum Gasteiger partial charge on any atom is -0.355 e. The zero-order valence-corrected chi connectivity index (χ0v) is 13.4. The molecule has 2 saturated heterocycles. The number of rotatable bonds is 2. The first-order valence-electron chi connectivity index (χ1n) is 7.95. The van der Waals surface area contributed by atoms with Crippen LogP contribution in [0.25, 0.3) is 0 Å². The van der Waals surface area contributed by atoms with Gasteiger partial charge in [0.25, 0.3) is 0 Å². The van der Waals surface area contributed by atoms with Crippen molar-refractivity contribution in [2.45, 2.75) is 13.0 Å². The Balaban J connectivity index is 1.77. The van der Waals surface area contributed by atoms with Crippen LogP contribution in [-0.4, -0.2) is 66.5 Å². The number of amides is 3. The molecule has 2 fully saturated rings. The van der Waals surface area contributed by atoms with Gasteiger partial charge in [0.15, 0.2) is 0 Å². The van der Waals surface area contributed by atoms with Gasteiger partial charge in [0.1, 0.15) is 0 Å². The number of urea groups is 1. The molecule has 124 valence electrons. The number of nitrogens with zero attached hydrogens (tertiary/aromatic N) is 3. The van der Waals surface area contributed by atoms with Crippen LogP contribution in [0.1, 0.15) is 12.0 Å². The second-order valence-corrected chi connectivity index (χ2v) is 6.50. The second-order valence-electron chi connectivity index (χ2n) is 6.50. The van der Waals surface area contributed by atoms with E-state index in [1.807, 2.05) is 17.2 Å². The Hall–Kier alpha value is -2.15. The molecule has 7 nitrogen and oxygen atoms in total. The minimum atomic E-state index is -0.206. The molecule has 1 aromatic rings. The summed E-state index contributed by atoms with van der Waals surface area (Å²) in [5.41, 5.74) is 0.941. The van der Waals surface area contributed by atoms with Crippen molar-refractivity contribution in [3.8, 4) is 0 Å². The van der Waals surface area contributed by atoms with Crippen molar-refractivity contribution in [1.82, 2.24) is 25.4 Å². The van der Waals surface area contributed by atoms with E-state index in [-0.39, 0.29) is 17.4 Å². The monoisotopic (exact) mass is 317 g/mol. The zero-order chi connectivity index (χ0) is 16.3. The average Bonchev–Trinajstić information content (AvgIpc) is 2.81. The van der Waals surface area contributed by atoms with Gasteiger partial charge in [-0.25, -0.2) is 4.79 Å². The van der Waals surface area contributed by atoms with E-state index in [4.69, 9.17) is 0 Å². The quantitative estimate of drug-likeness (QED) is 0.808. The van der Waals surface area contributed by atoms with Crippen LogP contribution in [0, 0.1) is 5.41 Å². The molecule has 1 atom stereocenters. The van der Waals surface area contributed by atoms with Gasteiger partial charge in [-0.15, -0.1) is 0 Å². The molecular formula is C16H23N5O2. The van der Waals surface area contributed by atoms with Crippen LogP contribution in [0.4, 0.5) is 4.79 Å². The van der Waals surface area contributed by atoms with Gasteiger partial charge in [0.2, 0.25) is 5.91 Å². The summed E-state index contributed by atoms with van der Waals surface area (Å²) in [4.78, 5) is 32.2. The normalized spacial score (nSPS) is 25.3. The maximum Gasteiger partial charge on any atom is 0.317 e. The third kappa shape index (κ3) is 3.61. The lowest BCUT2D eigenvalue weighted by atomic mass is 9.86. The summed E-state index contributed by atoms with van der Waals surface area (Å²) in [6.45, 7) is 4.27. The fourth-order valence-electron chi connectivity index (χ4n) is 3.54. The van der Waals surface area contributed by atoms with Crippen molar-refractivity contribution in [2.75, 3.05) is 39.8 Å². The van der Waals surface area contributed by atoms with E-state index >= 15 is 0 Å². The summed E-state index contributed by atoms with van der Waals surface area (Å²) in [6.07, 6.45) is 4.11. The molecule has 3 heterocycles. The second kappa shape index (κ2) is 6.54. The number of nitrogens with one attached hydrogen (secondary N) is 2. The highest BCUT2D eigenvalue weighted by Crippen LogP contribution is 2.31. The zero-order valence-electron chi connectivity index (χ0n) is 13.4. The van der Waals surface area contributed by atoms with Crippen LogP contribution in [-0.2, 0) is 11.3 Å². The fourth-order valence-corrected chi connectivity index (χ4v) is 3.54. The van der Waals surface area contributed by atoms with Crippen LogP contribution in [0.15, 0.2) is 24.5 Å². The SMILES string of the molecule is CNC(=O)N1CCN(Cc2cccnc2)C[C@]2(CNC(=O)C2)C1. The van der Waals surface area contributed by atoms with E-state index in [1.165, 1.54) is 0 Å². The van der Waals surface area contributed by atoms with E-state index in [2.05, 4.69) is 26.6 Å². The van der Waals surface area contributed by atoms with Gasteiger partial charge in [-0.05, 0) is 11.6 Å². The lowest BCUT2D eigenvalue weighted by Crippen LogP contribution is -2.46. The first-order chi connectivity index (χ1) is 11.1. The molecule has 2 aliphatic heterocycles. The molecule has 2 aliphatic rings. The molecule has 0 aliphatic carbocycles. The smallest absolute Gasteiger partial charge is 0.317 e. The maximum atomic E-state index is 12.1. The highest BCUT2D eigenvalue weighted by atomic mass is 16.2. The molecule has 3 rings (SSSR count). The van der Waals surface area contributed by atoms with Gasteiger partial charge in [0.05, 0.1) is 0 Å². The maximum absolute atomic E-state index is 12.1. The van der Waals surface area contributed by atoms with Crippen LogP contribution >= 0.6 is 0 Å². The number of carbonyl (C=O) groups excluding carboxylic acids is 2. The Morgan fingerprint density at radius 1 is 1.43 bits per heavy atom. The molecule has 0 aromatic carbocycles. The average molecular weight is 317 g/mol. The molecule has 1 aromatic heterocycles. The standard InChI is InChI=1S/C16H23N5O2/c1-17-15(23)21-6-5-20(9-13-3-2-4-18-8-13)11-16(12-21)7-14(22)19-10-16/h2-4,8H,5-7,9-12H2,1H3,(H,17,23)(H,19,22)/t16-/m0/s1. The number of pyridine rings is 1. The summed E-state index contributed by atoms with van der Waals surface area (Å²) in [7, 11) is 1.64. The molecule has 0 unspecified atom stereocenters. The van der Waals surface area contributed by atoms with E-state index in [0.717, 1.165) is 25.2 Å². The van der Waals surface area contributed by atoms with Crippen molar-refractivity contribution in [3.63, 3.8) is 0 Å². The fraction of sp³-hybridized carbons (Fsp3) is 0.562. The van der Waals surface area contributed by atoms with E-state index < -0.39 is 0 Å². The van der Waals surface area contributed by atoms with Gasteiger partial charge >= 0.3 is 6.03 Å². The number of aromatic nitrogens is 1. The van der Waals surface area contributed by atoms with Crippen LogP contribution in [0.5, 0.6) is 0 Å². The van der Waals surface area contributed by atoms with Gasteiger partial charge in [-0.2, -0.15) is 0 Å². The molecule has 0 saturated carbocycles. The Labute approximate surface area is 136 Å². The Morgan fingerprint density at radius 3 is 2.96 bits per heavy atom. The van der Waals surface area contributed by atoms with Crippen molar-refractivity contribution in [2.24, 2.45) is 5.41 Å². The molecule has 3 amide bonds. The summed E-state index contributed by atoms with van der Waals surface area (Å²) in [5, 5.41) is 5.63. The summed E-state index contributed by atoms with van der Waals surface area (Å²) in [5.74, 6) is 0.0742. The highest BCUT2D eigenvalue weighted by molar-refractivity contribution is 5.80. The lowest BCUT2D eigenvalue weighted by Gasteiger charge is -2.32. The largest absolute Gasteiger partial charge is 0.355 e. The summed E-state index contributed by atoms with van der Waals surface area (Å²) < 4.78 is 0. The molecule has 23 heavy (non-hydrogen) atoms. The van der Waals surface area contributed by atoms with Crippen molar-refractivity contribution in [1.29, 1.82) is 0 Å². The topological polar surface area (TPSA) is 77.6 Å². The van der Waals surface area contributed by atoms with Gasteiger partial charge in [-0.1, -0.05) is 6.07 Å². The predicted molar refractivity (Wildman–Crippen MR) is 85.6 cm³/mol. The van der Waals surface area contributed by atoms with E-state index in [0.29, 0.717) is 26.1 Å². The lowest BCUT2D eigenvalue weighted by molar-refractivity contribution is -0.119. The molecule has 1 spiro atoms. The minimum absolute atomic E-state index is 0.0742. The first kappa shape index (κ1) is 15.7. The van der Waals surface area contributed by atoms with Crippen LogP contribution in [0.2, 0.25) is 0 Å². The third-order valence-electron chi connectivity index (χ3n) is 4.60. The Bertz CT molecular complexity index is 579. The van der Waals surface area contributed by atoms with Crippen molar-refractivity contribution < 1.29 is 9.59 Å². The van der Waals surface area contributed by atoms with E-state index in [1.54, 1.807) is 13.2 Å². The van der Waals surface area contributed by atoms with Gasteiger partial charge in [0, 0.05) is 70.5 Å². The molecule has 7 heteroatoms. The summed E-state index contributed by atoms with van der Waals surface area (Å²) in [6, 6.07) is 3.91. The number of hydrogen-bond acceptors (Lipinski definition) is 4. The van der Waals surface area contributed by atoms with Crippen molar-refractivity contribution >= 4 is 11.9 Å². The Morgan fingerprint density at radius 2 is 2.30 bits per heavy atom. The molecular weight excluding hydrogens is 294 g/mol.